The van der Waals surface area contributed by atoms with Crippen molar-refractivity contribution in [2.24, 2.45) is 0 Å². The van der Waals surface area contributed by atoms with Gasteiger partial charge in [0.05, 0.1) is 5.60 Å². The zero-order valence-corrected chi connectivity index (χ0v) is 11.6. The van der Waals surface area contributed by atoms with Crippen LogP contribution in [0.4, 0.5) is 5.95 Å². The second kappa shape index (κ2) is 6.36. The minimum atomic E-state index is -0.711. The Labute approximate surface area is 113 Å². The highest BCUT2D eigenvalue weighted by atomic mass is 35.5. The Morgan fingerprint density at radius 1 is 1.56 bits per heavy atom. The van der Waals surface area contributed by atoms with Crippen molar-refractivity contribution in [1.29, 1.82) is 0 Å². The molecule has 2 heterocycles. The fourth-order valence-corrected chi connectivity index (χ4v) is 1.89. The van der Waals surface area contributed by atoms with Crippen molar-refractivity contribution in [3.8, 4) is 0 Å². The molecule has 1 aromatic heterocycles. The van der Waals surface area contributed by atoms with E-state index >= 15 is 0 Å². The van der Waals surface area contributed by atoms with Crippen LogP contribution in [-0.4, -0.2) is 40.5 Å². The second-order valence-electron chi connectivity index (χ2n) is 4.97. The van der Waals surface area contributed by atoms with E-state index in [0.717, 1.165) is 19.4 Å². The van der Waals surface area contributed by atoms with Crippen molar-refractivity contribution < 1.29 is 9.63 Å². The van der Waals surface area contributed by atoms with Crippen LogP contribution in [0.2, 0.25) is 0 Å². The summed E-state index contributed by atoms with van der Waals surface area (Å²) in [5.74, 6) is 1.28. The van der Waals surface area contributed by atoms with Gasteiger partial charge in [-0.2, -0.15) is 4.98 Å². The van der Waals surface area contributed by atoms with Gasteiger partial charge in [-0.05, 0) is 24.5 Å². The maximum atomic E-state index is 10.2. The van der Waals surface area contributed by atoms with Crippen molar-refractivity contribution in [3.63, 3.8) is 0 Å². The number of piperidine rings is 1. The van der Waals surface area contributed by atoms with Crippen LogP contribution in [0, 0.1) is 0 Å². The third-order valence-corrected chi connectivity index (χ3v) is 2.96. The average molecular weight is 277 g/mol. The smallest absolute Gasteiger partial charge is 0.263 e. The van der Waals surface area contributed by atoms with Gasteiger partial charge < -0.3 is 20.3 Å². The zero-order chi connectivity index (χ0) is 12.3. The van der Waals surface area contributed by atoms with E-state index in [4.69, 9.17) is 4.52 Å². The first-order chi connectivity index (χ1) is 8.09. The van der Waals surface area contributed by atoms with E-state index < -0.39 is 5.60 Å². The van der Waals surface area contributed by atoms with Crippen LogP contribution in [0.15, 0.2) is 4.52 Å². The van der Waals surface area contributed by atoms with Gasteiger partial charge in [0.2, 0.25) is 5.89 Å². The van der Waals surface area contributed by atoms with Crippen LogP contribution in [0.1, 0.15) is 38.5 Å². The molecule has 6 nitrogen and oxygen atoms in total. The molecule has 1 aliphatic heterocycles. The molecule has 0 amide bonds. The largest absolute Gasteiger partial charge is 0.387 e. The summed E-state index contributed by atoms with van der Waals surface area (Å²) in [5.41, 5.74) is -0.711. The lowest BCUT2D eigenvalue weighted by Gasteiger charge is -2.32. The van der Waals surface area contributed by atoms with E-state index in [0.29, 0.717) is 24.9 Å². The molecule has 2 rings (SSSR count). The number of halogens is 1. The Hall–Kier alpha value is -0.850. The Morgan fingerprint density at radius 3 is 2.89 bits per heavy atom. The highest BCUT2D eigenvalue weighted by Gasteiger charge is 2.29. The Balaban J connectivity index is 0.00000162. The number of aliphatic hydroxyl groups is 1. The molecule has 1 aromatic rings. The number of nitrogens with one attached hydrogen (secondary N) is 2. The van der Waals surface area contributed by atoms with E-state index in [2.05, 4.69) is 20.8 Å². The van der Waals surface area contributed by atoms with Crippen LogP contribution < -0.4 is 10.6 Å². The lowest BCUT2D eigenvalue weighted by atomic mass is 9.94. The van der Waals surface area contributed by atoms with Crippen molar-refractivity contribution in [2.75, 3.05) is 25.0 Å². The fourth-order valence-electron chi connectivity index (χ4n) is 1.89. The number of aromatic nitrogens is 2. The quantitative estimate of drug-likeness (QED) is 0.765. The van der Waals surface area contributed by atoms with Crippen LogP contribution in [0.25, 0.3) is 0 Å². The summed E-state index contributed by atoms with van der Waals surface area (Å²) in [7, 11) is 0. The minimum Gasteiger partial charge on any atom is -0.387 e. The third kappa shape index (κ3) is 3.83. The van der Waals surface area contributed by atoms with Gasteiger partial charge in [0, 0.05) is 19.0 Å². The molecule has 1 unspecified atom stereocenters. The summed E-state index contributed by atoms with van der Waals surface area (Å²) < 4.78 is 5.08. The molecule has 0 aromatic carbocycles. The van der Waals surface area contributed by atoms with Crippen molar-refractivity contribution in [1.82, 2.24) is 15.5 Å². The first-order valence-corrected chi connectivity index (χ1v) is 6.10. The second-order valence-corrected chi connectivity index (χ2v) is 4.97. The first kappa shape index (κ1) is 15.2. The molecule has 1 fully saturated rings. The number of anilines is 1. The summed E-state index contributed by atoms with van der Waals surface area (Å²) in [5, 5.41) is 20.3. The summed E-state index contributed by atoms with van der Waals surface area (Å²) in [6, 6.07) is 0. The van der Waals surface area contributed by atoms with Crippen LogP contribution in [0.5, 0.6) is 0 Å². The van der Waals surface area contributed by atoms with Gasteiger partial charge in [0.25, 0.3) is 5.95 Å². The molecule has 0 saturated carbocycles. The van der Waals surface area contributed by atoms with Gasteiger partial charge in [-0.25, -0.2) is 0 Å². The molecule has 0 radical (unpaired) electrons. The highest BCUT2D eigenvalue weighted by Crippen LogP contribution is 2.17. The number of hydrogen-bond acceptors (Lipinski definition) is 6. The predicted molar refractivity (Wildman–Crippen MR) is 71.2 cm³/mol. The molecule has 3 N–H and O–H groups in total. The number of hydrogen-bond donors (Lipinski definition) is 3. The molecule has 1 saturated heterocycles. The maximum Gasteiger partial charge on any atom is 0.263 e. The first-order valence-electron chi connectivity index (χ1n) is 6.10. The number of rotatable bonds is 4. The van der Waals surface area contributed by atoms with Crippen LogP contribution in [0.3, 0.4) is 0 Å². The van der Waals surface area contributed by atoms with Crippen molar-refractivity contribution >= 4 is 18.4 Å². The third-order valence-electron chi connectivity index (χ3n) is 2.96. The molecule has 1 atom stereocenters. The normalized spacial score (nSPS) is 23.8. The van der Waals surface area contributed by atoms with E-state index in [1.165, 1.54) is 0 Å². The maximum absolute atomic E-state index is 10.2. The molecule has 104 valence electrons. The molecule has 1 aliphatic rings. The van der Waals surface area contributed by atoms with Crippen LogP contribution >= 0.6 is 12.4 Å². The zero-order valence-electron chi connectivity index (χ0n) is 10.8. The van der Waals surface area contributed by atoms with Crippen molar-refractivity contribution in [3.05, 3.63) is 5.89 Å². The molecular weight excluding hydrogens is 256 g/mol. The Bertz CT molecular complexity index is 364. The summed E-state index contributed by atoms with van der Waals surface area (Å²) in [6.45, 7) is 6.01. The van der Waals surface area contributed by atoms with Gasteiger partial charge in [-0.15, -0.1) is 12.4 Å². The van der Waals surface area contributed by atoms with E-state index in [1.54, 1.807) is 0 Å². The number of β-amino-alcohol motifs (C(OH)–C–C–N with tert-alkyl or cyclic N) is 1. The monoisotopic (exact) mass is 276 g/mol. The predicted octanol–water partition coefficient (Wildman–Crippen LogP) is 1.14. The summed E-state index contributed by atoms with van der Waals surface area (Å²) in [4.78, 5) is 4.20. The lowest BCUT2D eigenvalue weighted by Crippen LogP contribution is -2.50. The topological polar surface area (TPSA) is 83.2 Å². The highest BCUT2D eigenvalue weighted by molar-refractivity contribution is 5.85. The molecule has 18 heavy (non-hydrogen) atoms. The SMILES string of the molecule is CC(C)c1nc(NCC2(O)CCCNC2)no1.Cl. The number of nitrogens with zero attached hydrogens (tertiary/aromatic N) is 2. The molecular formula is C11H21ClN4O2. The van der Waals surface area contributed by atoms with E-state index in [-0.39, 0.29) is 18.3 Å². The molecule has 0 spiro atoms. The van der Waals surface area contributed by atoms with Gasteiger partial charge >= 0.3 is 0 Å². The van der Waals surface area contributed by atoms with Gasteiger partial charge in [0.1, 0.15) is 0 Å². The standard InChI is InChI=1S/C11H20N4O2.ClH/c1-8(2)9-14-10(15-17-9)13-7-11(16)4-3-5-12-6-11;/h8,12,16H,3-7H2,1-2H3,(H,13,15);1H. The Morgan fingerprint density at radius 2 is 2.33 bits per heavy atom. The van der Waals surface area contributed by atoms with Gasteiger partial charge in [-0.1, -0.05) is 13.8 Å². The lowest BCUT2D eigenvalue weighted by molar-refractivity contribution is 0.0290. The van der Waals surface area contributed by atoms with Crippen molar-refractivity contribution in [2.45, 2.75) is 38.2 Å². The molecule has 0 bridgehead atoms. The summed E-state index contributed by atoms with van der Waals surface area (Å²) >= 11 is 0. The van der Waals surface area contributed by atoms with Gasteiger partial charge in [-0.3, -0.25) is 0 Å². The minimum absolute atomic E-state index is 0. The Kier molecular flexibility index (Phi) is 5.37. The summed E-state index contributed by atoms with van der Waals surface area (Å²) in [6.07, 6.45) is 1.78. The van der Waals surface area contributed by atoms with E-state index in [9.17, 15) is 5.11 Å². The fraction of sp³-hybridized carbons (Fsp3) is 0.818. The molecule has 7 heteroatoms. The molecule has 0 aliphatic carbocycles. The van der Waals surface area contributed by atoms with Gasteiger partial charge in [0.15, 0.2) is 0 Å². The van der Waals surface area contributed by atoms with Crippen LogP contribution in [-0.2, 0) is 0 Å². The van der Waals surface area contributed by atoms with E-state index in [1.807, 2.05) is 13.8 Å². The average Bonchev–Trinajstić information content (AvgIpc) is 2.76.